The number of aryl methyl sites for hydroxylation is 1. The Balaban J connectivity index is 2.01. The van der Waals surface area contributed by atoms with Crippen LogP contribution in [0.3, 0.4) is 0 Å². The Morgan fingerprint density at radius 2 is 2.22 bits per heavy atom. The predicted molar refractivity (Wildman–Crippen MR) is 74.3 cm³/mol. The monoisotopic (exact) mass is 327 g/mol. The van der Waals surface area contributed by atoms with Gasteiger partial charge in [0.25, 0.3) is 5.91 Å². The van der Waals surface area contributed by atoms with Crippen LogP contribution < -0.4 is 5.32 Å². The number of hydrogen-bond acceptors (Lipinski definition) is 2. The molecule has 2 aromatic rings. The number of rotatable bonds is 3. The van der Waals surface area contributed by atoms with Crippen LogP contribution in [0.2, 0.25) is 0 Å². The van der Waals surface area contributed by atoms with Crippen molar-refractivity contribution >= 4 is 33.2 Å². The van der Waals surface area contributed by atoms with Gasteiger partial charge in [0.15, 0.2) is 0 Å². The molecule has 18 heavy (non-hydrogen) atoms. The maximum atomic E-state index is 13.3. The van der Waals surface area contributed by atoms with Crippen molar-refractivity contribution in [3.8, 4) is 0 Å². The second-order valence-corrected chi connectivity index (χ2v) is 5.79. The van der Waals surface area contributed by atoms with Crippen molar-refractivity contribution in [3.05, 3.63) is 55.9 Å². The van der Waals surface area contributed by atoms with Crippen LogP contribution in [0.15, 0.2) is 34.1 Å². The number of halogens is 2. The van der Waals surface area contributed by atoms with Crippen LogP contribution in [-0.4, -0.2) is 5.91 Å². The Labute approximate surface area is 117 Å². The molecular weight excluding hydrogens is 317 g/mol. The van der Waals surface area contributed by atoms with Gasteiger partial charge in [-0.15, -0.1) is 11.3 Å². The van der Waals surface area contributed by atoms with E-state index in [9.17, 15) is 9.18 Å². The number of benzene rings is 1. The van der Waals surface area contributed by atoms with Crippen LogP contribution in [0.25, 0.3) is 0 Å². The molecule has 1 heterocycles. The van der Waals surface area contributed by atoms with Crippen molar-refractivity contribution < 1.29 is 9.18 Å². The van der Waals surface area contributed by atoms with E-state index >= 15 is 0 Å². The third kappa shape index (κ3) is 3.17. The molecule has 1 N–H and O–H groups in total. The van der Waals surface area contributed by atoms with Gasteiger partial charge >= 0.3 is 0 Å². The summed E-state index contributed by atoms with van der Waals surface area (Å²) >= 11 is 4.91. The van der Waals surface area contributed by atoms with Gasteiger partial charge in [-0.3, -0.25) is 4.79 Å². The smallest absolute Gasteiger partial charge is 0.251 e. The third-order valence-electron chi connectivity index (χ3n) is 2.48. The van der Waals surface area contributed by atoms with E-state index in [-0.39, 0.29) is 11.7 Å². The molecular formula is C13H11BrFNOS. The fraction of sp³-hybridized carbons (Fsp3) is 0.154. The number of thiophene rings is 1. The van der Waals surface area contributed by atoms with E-state index in [1.807, 2.05) is 11.4 Å². The average Bonchev–Trinajstić information content (AvgIpc) is 2.75. The van der Waals surface area contributed by atoms with Crippen molar-refractivity contribution in [1.29, 1.82) is 0 Å². The minimum Gasteiger partial charge on any atom is -0.347 e. The number of amides is 1. The summed E-state index contributed by atoms with van der Waals surface area (Å²) in [6, 6.07) is 6.43. The topological polar surface area (TPSA) is 29.1 Å². The first-order chi connectivity index (χ1) is 8.56. The first-order valence-electron chi connectivity index (χ1n) is 5.33. The van der Waals surface area contributed by atoms with Crippen molar-refractivity contribution in [2.24, 2.45) is 0 Å². The molecule has 94 valence electrons. The maximum absolute atomic E-state index is 13.3. The van der Waals surface area contributed by atoms with Crippen LogP contribution >= 0.6 is 27.3 Å². The minimum absolute atomic E-state index is 0.265. The molecule has 1 amide bonds. The number of carbonyl (C=O) groups is 1. The second-order valence-electron chi connectivity index (χ2n) is 3.88. The van der Waals surface area contributed by atoms with Crippen LogP contribution in [0.1, 0.15) is 20.8 Å². The molecule has 2 nitrogen and oxygen atoms in total. The van der Waals surface area contributed by atoms with E-state index in [4.69, 9.17) is 0 Å². The lowest BCUT2D eigenvalue weighted by atomic mass is 10.1. The molecule has 2 rings (SSSR count). The Morgan fingerprint density at radius 1 is 1.44 bits per heavy atom. The highest BCUT2D eigenvalue weighted by molar-refractivity contribution is 9.10. The highest BCUT2D eigenvalue weighted by atomic mass is 79.9. The lowest BCUT2D eigenvalue weighted by molar-refractivity contribution is 0.0951. The minimum atomic E-state index is -0.360. The molecule has 0 atom stereocenters. The number of carbonyl (C=O) groups excluding carboxylic acids is 1. The fourth-order valence-electron chi connectivity index (χ4n) is 1.45. The van der Waals surface area contributed by atoms with Crippen molar-refractivity contribution in [3.63, 3.8) is 0 Å². The van der Waals surface area contributed by atoms with Gasteiger partial charge in [0.05, 0.1) is 6.54 Å². The van der Waals surface area contributed by atoms with Crippen LogP contribution in [0.4, 0.5) is 4.39 Å². The SMILES string of the molecule is Cc1ccc(C(=O)NCc2cc(Br)cs2)cc1F. The van der Waals surface area contributed by atoms with E-state index in [2.05, 4.69) is 21.2 Å². The van der Waals surface area contributed by atoms with Crippen LogP contribution in [0, 0.1) is 12.7 Å². The van der Waals surface area contributed by atoms with Gasteiger partial charge in [0, 0.05) is 20.3 Å². The van der Waals surface area contributed by atoms with Gasteiger partial charge in [0.2, 0.25) is 0 Å². The molecule has 0 aliphatic rings. The Bertz CT molecular complexity index is 582. The van der Waals surface area contributed by atoms with E-state index in [1.165, 1.54) is 6.07 Å². The molecule has 1 aromatic heterocycles. The highest BCUT2D eigenvalue weighted by Crippen LogP contribution is 2.19. The first-order valence-corrected chi connectivity index (χ1v) is 7.01. The molecule has 0 unspecified atom stereocenters. The number of nitrogens with one attached hydrogen (secondary N) is 1. The van der Waals surface area contributed by atoms with Crippen molar-refractivity contribution in [1.82, 2.24) is 5.32 Å². The average molecular weight is 328 g/mol. The molecule has 0 fully saturated rings. The van der Waals surface area contributed by atoms with E-state index in [1.54, 1.807) is 30.4 Å². The Morgan fingerprint density at radius 3 is 2.83 bits per heavy atom. The van der Waals surface area contributed by atoms with E-state index in [0.29, 0.717) is 17.7 Å². The zero-order valence-electron chi connectivity index (χ0n) is 9.67. The largest absolute Gasteiger partial charge is 0.347 e. The molecule has 0 saturated heterocycles. The fourth-order valence-corrected chi connectivity index (χ4v) is 2.84. The predicted octanol–water partition coefficient (Wildman–Crippen LogP) is 3.89. The molecule has 0 saturated carbocycles. The van der Waals surface area contributed by atoms with Crippen LogP contribution in [-0.2, 0) is 6.54 Å². The molecule has 0 aliphatic heterocycles. The molecule has 0 aliphatic carbocycles. The molecule has 5 heteroatoms. The standard InChI is InChI=1S/C13H11BrFNOS/c1-8-2-3-9(4-12(8)15)13(17)16-6-11-5-10(14)7-18-11/h2-5,7H,6H2,1H3,(H,16,17). The molecule has 0 spiro atoms. The zero-order chi connectivity index (χ0) is 13.1. The summed E-state index contributed by atoms with van der Waals surface area (Å²) in [6.45, 7) is 2.12. The Hall–Kier alpha value is -1.20. The van der Waals surface area contributed by atoms with Gasteiger partial charge in [-0.1, -0.05) is 6.07 Å². The molecule has 0 bridgehead atoms. The van der Waals surface area contributed by atoms with E-state index < -0.39 is 0 Å². The highest BCUT2D eigenvalue weighted by Gasteiger charge is 2.08. The van der Waals surface area contributed by atoms with Gasteiger partial charge < -0.3 is 5.32 Å². The number of hydrogen-bond donors (Lipinski definition) is 1. The maximum Gasteiger partial charge on any atom is 0.251 e. The quantitative estimate of drug-likeness (QED) is 0.910. The van der Waals surface area contributed by atoms with Gasteiger partial charge in [0.1, 0.15) is 5.82 Å². The van der Waals surface area contributed by atoms with Gasteiger partial charge in [-0.05, 0) is 46.6 Å². The summed E-state index contributed by atoms with van der Waals surface area (Å²) in [5.74, 6) is -0.625. The summed E-state index contributed by atoms with van der Waals surface area (Å²) in [5, 5.41) is 4.71. The summed E-state index contributed by atoms with van der Waals surface area (Å²) < 4.78 is 14.3. The van der Waals surface area contributed by atoms with Gasteiger partial charge in [-0.25, -0.2) is 4.39 Å². The lowest BCUT2D eigenvalue weighted by Gasteiger charge is -2.04. The summed E-state index contributed by atoms with van der Waals surface area (Å²) in [7, 11) is 0. The third-order valence-corrected chi connectivity index (χ3v) is 4.18. The summed E-state index contributed by atoms with van der Waals surface area (Å²) in [6.07, 6.45) is 0. The first kappa shape index (κ1) is 13.2. The summed E-state index contributed by atoms with van der Waals surface area (Å²) in [5.41, 5.74) is 0.877. The lowest BCUT2D eigenvalue weighted by Crippen LogP contribution is -2.22. The van der Waals surface area contributed by atoms with Crippen LogP contribution in [0.5, 0.6) is 0 Å². The zero-order valence-corrected chi connectivity index (χ0v) is 12.1. The normalized spacial score (nSPS) is 10.4. The van der Waals surface area contributed by atoms with Crippen molar-refractivity contribution in [2.45, 2.75) is 13.5 Å². The van der Waals surface area contributed by atoms with Crippen molar-refractivity contribution in [2.75, 3.05) is 0 Å². The second kappa shape index (κ2) is 5.63. The van der Waals surface area contributed by atoms with Gasteiger partial charge in [-0.2, -0.15) is 0 Å². The summed E-state index contributed by atoms with van der Waals surface area (Å²) in [4.78, 5) is 12.8. The van der Waals surface area contributed by atoms with E-state index in [0.717, 1.165) is 9.35 Å². The molecule has 1 aromatic carbocycles. The molecule has 0 radical (unpaired) electrons. The Kier molecular flexibility index (Phi) is 4.14.